The largest absolute Gasteiger partial charge is 0.353 e. The van der Waals surface area contributed by atoms with Crippen molar-refractivity contribution < 1.29 is 0 Å². The Hall–Kier alpha value is -0.730. The van der Waals surface area contributed by atoms with Gasteiger partial charge >= 0.3 is 0 Å². The first-order valence-corrected chi connectivity index (χ1v) is 6.74. The van der Waals surface area contributed by atoms with Gasteiger partial charge in [0.05, 0.1) is 0 Å². The van der Waals surface area contributed by atoms with E-state index in [1.54, 1.807) is 0 Å². The van der Waals surface area contributed by atoms with Crippen molar-refractivity contribution in [2.45, 2.75) is 9.37 Å². The maximum atomic E-state index is 4.14. The fraction of sp³-hybridized carbons (Fsp3) is 0.250. The summed E-state index contributed by atoms with van der Waals surface area (Å²) in [5.41, 5.74) is 0. The van der Waals surface area contributed by atoms with E-state index < -0.39 is 0 Å². The van der Waals surface area contributed by atoms with Gasteiger partial charge in [-0.1, -0.05) is 11.3 Å². The second-order valence-corrected chi connectivity index (χ2v) is 6.06. The van der Waals surface area contributed by atoms with Crippen LogP contribution in [0.2, 0.25) is 0 Å². The monoisotopic (exact) mass is 317 g/mol. The molecule has 2 rings (SSSR count). The predicted octanol–water partition coefficient (Wildman–Crippen LogP) is 2.31. The molecule has 5 nitrogen and oxygen atoms in total. The Balaban J connectivity index is 2.14. The summed E-state index contributed by atoms with van der Waals surface area (Å²) < 4.78 is 1.64. The van der Waals surface area contributed by atoms with Crippen LogP contribution in [0.25, 0.3) is 0 Å². The van der Waals surface area contributed by atoms with Crippen molar-refractivity contribution in [3.05, 3.63) is 17.0 Å². The number of hydrogen-bond acceptors (Lipinski definition) is 7. The lowest BCUT2D eigenvalue weighted by molar-refractivity contribution is 0.967. The second kappa shape index (κ2) is 5.07. The average Bonchev–Trinajstić information content (AvgIpc) is 2.66. The summed E-state index contributed by atoms with van der Waals surface area (Å²) in [4.78, 5) is 10.0. The minimum Gasteiger partial charge on any atom is -0.353 e. The molecule has 84 valence electrons. The van der Waals surface area contributed by atoms with Crippen LogP contribution in [0.3, 0.4) is 0 Å². The highest BCUT2D eigenvalue weighted by atomic mass is 79.9. The van der Waals surface area contributed by atoms with Crippen LogP contribution in [0.15, 0.2) is 26.4 Å². The van der Waals surface area contributed by atoms with Crippen LogP contribution in [0, 0.1) is 0 Å². The van der Waals surface area contributed by atoms with Crippen LogP contribution in [0.4, 0.5) is 5.13 Å². The van der Waals surface area contributed by atoms with Gasteiger partial charge in [-0.25, -0.2) is 9.97 Å². The standard InChI is InChI=1S/C8H8BrN5S2/c1-14(2)7-12-13-8(16-7)15-6-3-5(9)10-4-11-6/h3-4H,1-2H3. The molecule has 16 heavy (non-hydrogen) atoms. The lowest BCUT2D eigenvalue weighted by Gasteiger charge is -2.03. The number of halogens is 1. The van der Waals surface area contributed by atoms with Gasteiger partial charge in [-0.3, -0.25) is 0 Å². The lowest BCUT2D eigenvalue weighted by atomic mass is 10.7. The van der Waals surface area contributed by atoms with Crippen molar-refractivity contribution in [1.29, 1.82) is 0 Å². The topological polar surface area (TPSA) is 54.8 Å². The highest BCUT2D eigenvalue weighted by molar-refractivity contribution is 9.10. The Kier molecular flexibility index (Phi) is 3.72. The van der Waals surface area contributed by atoms with Crippen molar-refractivity contribution in [3.8, 4) is 0 Å². The van der Waals surface area contributed by atoms with Gasteiger partial charge in [0.15, 0.2) is 4.34 Å². The highest BCUT2D eigenvalue weighted by Crippen LogP contribution is 2.31. The molecule has 0 fully saturated rings. The zero-order valence-electron chi connectivity index (χ0n) is 8.59. The summed E-state index contributed by atoms with van der Waals surface area (Å²) in [5.74, 6) is 0. The predicted molar refractivity (Wildman–Crippen MR) is 68.1 cm³/mol. The molecule has 2 heterocycles. The third kappa shape index (κ3) is 2.89. The molecule has 2 aromatic rings. The van der Waals surface area contributed by atoms with E-state index in [0.29, 0.717) is 0 Å². The molecule has 0 saturated heterocycles. The molecule has 0 aliphatic rings. The lowest BCUT2D eigenvalue weighted by Crippen LogP contribution is -2.07. The third-order valence-electron chi connectivity index (χ3n) is 1.58. The van der Waals surface area contributed by atoms with E-state index in [1.165, 1.54) is 29.4 Å². The van der Waals surface area contributed by atoms with Gasteiger partial charge in [0.1, 0.15) is 16.0 Å². The zero-order chi connectivity index (χ0) is 11.5. The van der Waals surface area contributed by atoms with E-state index in [0.717, 1.165) is 19.1 Å². The van der Waals surface area contributed by atoms with Gasteiger partial charge in [0.2, 0.25) is 5.13 Å². The fourth-order valence-electron chi connectivity index (χ4n) is 0.887. The first kappa shape index (κ1) is 11.7. The molecule has 0 N–H and O–H groups in total. The molecule has 0 aliphatic heterocycles. The van der Waals surface area contributed by atoms with Crippen LogP contribution in [0.1, 0.15) is 0 Å². The maximum Gasteiger partial charge on any atom is 0.208 e. The summed E-state index contributed by atoms with van der Waals surface area (Å²) >= 11 is 6.31. The van der Waals surface area contributed by atoms with Gasteiger partial charge in [-0.05, 0) is 27.7 Å². The van der Waals surface area contributed by atoms with Gasteiger partial charge in [-0.15, -0.1) is 10.2 Å². The first-order valence-electron chi connectivity index (χ1n) is 4.31. The Bertz CT molecular complexity index is 487. The molecule has 0 radical (unpaired) electrons. The molecule has 8 heteroatoms. The van der Waals surface area contributed by atoms with E-state index in [2.05, 4.69) is 36.1 Å². The van der Waals surface area contributed by atoms with E-state index in [1.807, 2.05) is 25.1 Å². The van der Waals surface area contributed by atoms with Crippen LogP contribution in [-0.4, -0.2) is 34.3 Å². The van der Waals surface area contributed by atoms with Crippen LogP contribution in [0.5, 0.6) is 0 Å². The number of anilines is 1. The quantitative estimate of drug-likeness (QED) is 0.810. The van der Waals surface area contributed by atoms with Crippen molar-refractivity contribution >= 4 is 44.2 Å². The Morgan fingerprint density at radius 2 is 2.12 bits per heavy atom. The van der Waals surface area contributed by atoms with Gasteiger partial charge in [0, 0.05) is 20.2 Å². The number of nitrogens with zero attached hydrogens (tertiary/aromatic N) is 5. The second-order valence-electron chi connectivity index (χ2n) is 3.03. The number of rotatable bonds is 3. The Morgan fingerprint density at radius 1 is 1.31 bits per heavy atom. The first-order chi connectivity index (χ1) is 7.65. The molecule has 0 bridgehead atoms. The summed E-state index contributed by atoms with van der Waals surface area (Å²) in [6.07, 6.45) is 1.51. The van der Waals surface area contributed by atoms with Crippen molar-refractivity contribution in [3.63, 3.8) is 0 Å². The number of hydrogen-bond donors (Lipinski definition) is 0. The van der Waals surface area contributed by atoms with Crippen LogP contribution >= 0.6 is 39.0 Å². The molecular formula is C8H8BrN5S2. The van der Waals surface area contributed by atoms with Gasteiger partial charge < -0.3 is 4.90 Å². The maximum absolute atomic E-state index is 4.14. The SMILES string of the molecule is CN(C)c1nnc(Sc2cc(Br)ncn2)s1. The third-order valence-corrected chi connectivity index (χ3v) is 4.09. The highest BCUT2D eigenvalue weighted by Gasteiger charge is 2.08. The van der Waals surface area contributed by atoms with Gasteiger partial charge in [0.25, 0.3) is 0 Å². The zero-order valence-corrected chi connectivity index (χ0v) is 11.8. The summed E-state index contributed by atoms with van der Waals surface area (Å²) in [5, 5.41) is 9.86. The summed E-state index contributed by atoms with van der Waals surface area (Å²) in [6.45, 7) is 0. The van der Waals surface area contributed by atoms with Crippen molar-refractivity contribution in [2.24, 2.45) is 0 Å². The normalized spacial score (nSPS) is 10.4. The van der Waals surface area contributed by atoms with Crippen molar-refractivity contribution in [2.75, 3.05) is 19.0 Å². The molecule has 0 spiro atoms. The molecule has 0 amide bonds. The molecule has 0 unspecified atom stereocenters. The van der Waals surface area contributed by atoms with E-state index in [4.69, 9.17) is 0 Å². The van der Waals surface area contributed by atoms with Gasteiger partial charge in [-0.2, -0.15) is 0 Å². The fourth-order valence-corrected chi connectivity index (χ4v) is 3.03. The molecule has 0 atom stereocenters. The summed E-state index contributed by atoms with van der Waals surface area (Å²) in [7, 11) is 3.88. The molecule has 2 aromatic heterocycles. The smallest absolute Gasteiger partial charge is 0.208 e. The van der Waals surface area contributed by atoms with E-state index in [9.17, 15) is 0 Å². The van der Waals surface area contributed by atoms with Crippen LogP contribution in [-0.2, 0) is 0 Å². The average molecular weight is 318 g/mol. The number of aromatic nitrogens is 4. The molecule has 0 saturated carbocycles. The minimum atomic E-state index is 0.766. The minimum absolute atomic E-state index is 0.766. The molecular weight excluding hydrogens is 310 g/mol. The van der Waals surface area contributed by atoms with Crippen LogP contribution < -0.4 is 4.90 Å². The summed E-state index contributed by atoms with van der Waals surface area (Å²) in [6, 6.07) is 1.85. The van der Waals surface area contributed by atoms with E-state index in [-0.39, 0.29) is 0 Å². The molecule has 0 aliphatic carbocycles. The Labute approximate surface area is 109 Å². The van der Waals surface area contributed by atoms with E-state index >= 15 is 0 Å². The van der Waals surface area contributed by atoms with Crippen molar-refractivity contribution in [1.82, 2.24) is 20.2 Å². The molecule has 0 aromatic carbocycles. The Morgan fingerprint density at radius 3 is 2.75 bits per heavy atom.